The summed E-state index contributed by atoms with van der Waals surface area (Å²) < 4.78 is 28.8. The van der Waals surface area contributed by atoms with Crippen LogP contribution >= 0.6 is 0 Å². The molecule has 2 unspecified atom stereocenters. The average molecular weight is 323 g/mol. The summed E-state index contributed by atoms with van der Waals surface area (Å²) in [5, 5.41) is 0. The Kier molecular flexibility index (Phi) is 4.23. The van der Waals surface area contributed by atoms with Gasteiger partial charge in [-0.15, -0.1) is 0 Å². The predicted molar refractivity (Wildman–Crippen MR) is 82.6 cm³/mol. The van der Waals surface area contributed by atoms with Gasteiger partial charge >= 0.3 is 0 Å². The number of carbonyl (C=O) groups excluding carboxylic acids is 1. The number of hydrogen-bond acceptors (Lipinski definition) is 4. The third-order valence-corrected chi connectivity index (χ3v) is 5.65. The van der Waals surface area contributed by atoms with Crippen molar-refractivity contribution in [2.75, 3.05) is 19.4 Å². The molecule has 1 heterocycles. The summed E-state index contributed by atoms with van der Waals surface area (Å²) in [7, 11) is -3.23. The van der Waals surface area contributed by atoms with Gasteiger partial charge in [0.15, 0.2) is 9.84 Å². The highest BCUT2D eigenvalue weighted by molar-refractivity contribution is 7.90. The van der Waals surface area contributed by atoms with Crippen molar-refractivity contribution in [3.05, 3.63) is 29.8 Å². The van der Waals surface area contributed by atoms with E-state index < -0.39 is 9.84 Å². The molecule has 1 saturated carbocycles. The fourth-order valence-corrected chi connectivity index (χ4v) is 3.99. The van der Waals surface area contributed by atoms with Crippen molar-refractivity contribution < 1.29 is 17.9 Å². The minimum atomic E-state index is -3.23. The number of ether oxygens (including phenoxy) is 1. The van der Waals surface area contributed by atoms with Gasteiger partial charge in [0.1, 0.15) is 0 Å². The molecule has 0 spiro atoms. The lowest BCUT2D eigenvalue weighted by Crippen LogP contribution is -2.54. The molecule has 3 rings (SSSR count). The molecule has 0 radical (unpaired) electrons. The first-order chi connectivity index (χ1) is 10.5. The molecule has 2 fully saturated rings. The Morgan fingerprint density at radius 2 is 1.86 bits per heavy atom. The highest BCUT2D eigenvalue weighted by atomic mass is 32.2. The lowest BCUT2D eigenvalue weighted by Gasteiger charge is -2.43. The molecule has 1 saturated heterocycles. The van der Waals surface area contributed by atoms with Gasteiger partial charge in [0.2, 0.25) is 0 Å². The summed E-state index contributed by atoms with van der Waals surface area (Å²) in [5.41, 5.74) is 0.540. The zero-order valence-electron chi connectivity index (χ0n) is 12.7. The van der Waals surface area contributed by atoms with Crippen LogP contribution in [0.2, 0.25) is 0 Å². The molecule has 1 aliphatic carbocycles. The molecular weight excluding hydrogens is 302 g/mol. The lowest BCUT2D eigenvalue weighted by molar-refractivity contribution is -0.0752. The van der Waals surface area contributed by atoms with Crippen LogP contribution in [-0.4, -0.2) is 50.8 Å². The molecule has 1 aromatic carbocycles. The Bertz CT molecular complexity index is 651. The van der Waals surface area contributed by atoms with Crippen LogP contribution in [0.25, 0.3) is 0 Å². The van der Waals surface area contributed by atoms with Gasteiger partial charge in [-0.1, -0.05) is 12.8 Å². The summed E-state index contributed by atoms with van der Waals surface area (Å²) in [6.07, 6.45) is 5.60. The summed E-state index contributed by atoms with van der Waals surface area (Å²) in [5.74, 6) is -0.0275. The van der Waals surface area contributed by atoms with Gasteiger partial charge in [-0.2, -0.15) is 0 Å². The minimum Gasteiger partial charge on any atom is -0.374 e. The molecule has 0 bridgehead atoms. The molecule has 0 aromatic heterocycles. The Labute approximate surface area is 131 Å². The van der Waals surface area contributed by atoms with Crippen molar-refractivity contribution in [2.45, 2.75) is 42.7 Å². The molecule has 6 heteroatoms. The fraction of sp³-hybridized carbons (Fsp3) is 0.562. The summed E-state index contributed by atoms with van der Waals surface area (Å²) >= 11 is 0. The molecule has 0 N–H and O–H groups in total. The van der Waals surface area contributed by atoms with Crippen LogP contribution in [0.15, 0.2) is 29.2 Å². The number of carbonyl (C=O) groups is 1. The van der Waals surface area contributed by atoms with Gasteiger partial charge in [-0.25, -0.2) is 8.42 Å². The van der Waals surface area contributed by atoms with Crippen molar-refractivity contribution in [1.82, 2.24) is 4.90 Å². The number of morpholine rings is 1. The monoisotopic (exact) mass is 323 g/mol. The van der Waals surface area contributed by atoms with Gasteiger partial charge in [0, 0.05) is 18.4 Å². The second-order valence-corrected chi connectivity index (χ2v) is 8.07. The number of benzene rings is 1. The third-order valence-electron chi connectivity index (χ3n) is 4.52. The Hall–Kier alpha value is -1.40. The topological polar surface area (TPSA) is 63.7 Å². The zero-order valence-corrected chi connectivity index (χ0v) is 13.5. The zero-order chi connectivity index (χ0) is 15.7. The maximum atomic E-state index is 12.7. The highest BCUT2D eigenvalue weighted by Crippen LogP contribution is 2.29. The van der Waals surface area contributed by atoms with E-state index in [4.69, 9.17) is 4.74 Å². The number of rotatable bonds is 2. The van der Waals surface area contributed by atoms with Crippen molar-refractivity contribution >= 4 is 15.7 Å². The molecule has 1 amide bonds. The van der Waals surface area contributed by atoms with E-state index in [1.807, 2.05) is 4.90 Å². The predicted octanol–water partition coefficient (Wildman–Crippen LogP) is 1.87. The molecule has 1 aliphatic heterocycles. The number of hydrogen-bond donors (Lipinski definition) is 0. The average Bonchev–Trinajstić information content (AvgIpc) is 2.53. The van der Waals surface area contributed by atoms with Gasteiger partial charge < -0.3 is 9.64 Å². The van der Waals surface area contributed by atoms with Crippen LogP contribution < -0.4 is 0 Å². The molecule has 1 aromatic rings. The van der Waals surface area contributed by atoms with Crippen LogP contribution in [0.5, 0.6) is 0 Å². The molecular formula is C16H21NO4S. The second-order valence-electron chi connectivity index (χ2n) is 6.06. The maximum absolute atomic E-state index is 12.7. The first-order valence-electron chi connectivity index (χ1n) is 7.69. The van der Waals surface area contributed by atoms with Gasteiger partial charge in [0.25, 0.3) is 5.91 Å². The number of nitrogens with zero attached hydrogens (tertiary/aromatic N) is 1. The third kappa shape index (κ3) is 3.03. The lowest BCUT2D eigenvalue weighted by atomic mass is 9.89. The van der Waals surface area contributed by atoms with E-state index in [-0.39, 0.29) is 22.9 Å². The molecule has 2 aliphatic rings. The summed E-state index contributed by atoms with van der Waals surface area (Å²) in [6, 6.07) is 6.37. The standard InChI is InChI=1S/C16H21NO4S/c1-22(19,20)13-8-6-12(7-9-13)16(18)17-10-11-21-15-5-3-2-4-14(15)17/h6-9,14-15H,2-5,10-11H2,1H3. The van der Waals surface area contributed by atoms with E-state index in [1.54, 1.807) is 12.1 Å². The quantitative estimate of drug-likeness (QED) is 0.833. The largest absolute Gasteiger partial charge is 0.374 e. The van der Waals surface area contributed by atoms with E-state index >= 15 is 0 Å². The van der Waals surface area contributed by atoms with Crippen LogP contribution in [0.4, 0.5) is 0 Å². The second kappa shape index (κ2) is 6.01. The van der Waals surface area contributed by atoms with Gasteiger partial charge in [-0.05, 0) is 37.1 Å². The van der Waals surface area contributed by atoms with Crippen LogP contribution in [0, 0.1) is 0 Å². The van der Waals surface area contributed by atoms with Gasteiger partial charge in [0.05, 0.1) is 23.6 Å². The molecule has 120 valence electrons. The van der Waals surface area contributed by atoms with Crippen molar-refractivity contribution in [3.63, 3.8) is 0 Å². The maximum Gasteiger partial charge on any atom is 0.254 e. The van der Waals surface area contributed by atoms with E-state index in [9.17, 15) is 13.2 Å². The molecule has 22 heavy (non-hydrogen) atoms. The van der Waals surface area contributed by atoms with E-state index in [0.29, 0.717) is 18.7 Å². The van der Waals surface area contributed by atoms with E-state index in [1.165, 1.54) is 18.4 Å². The van der Waals surface area contributed by atoms with Crippen LogP contribution in [0.3, 0.4) is 0 Å². The Morgan fingerprint density at radius 3 is 2.55 bits per heavy atom. The van der Waals surface area contributed by atoms with Crippen molar-refractivity contribution in [2.24, 2.45) is 0 Å². The van der Waals surface area contributed by atoms with Crippen molar-refractivity contribution in [1.29, 1.82) is 0 Å². The van der Waals surface area contributed by atoms with Crippen molar-refractivity contribution in [3.8, 4) is 0 Å². The van der Waals surface area contributed by atoms with E-state index in [2.05, 4.69) is 0 Å². The first-order valence-corrected chi connectivity index (χ1v) is 9.58. The number of sulfone groups is 1. The fourth-order valence-electron chi connectivity index (χ4n) is 3.36. The molecule has 2 atom stereocenters. The van der Waals surface area contributed by atoms with Gasteiger partial charge in [-0.3, -0.25) is 4.79 Å². The summed E-state index contributed by atoms with van der Waals surface area (Å²) in [4.78, 5) is 14.9. The normalized spacial score (nSPS) is 25.6. The van der Waals surface area contributed by atoms with E-state index in [0.717, 1.165) is 25.7 Å². The smallest absolute Gasteiger partial charge is 0.254 e. The highest BCUT2D eigenvalue weighted by Gasteiger charge is 2.36. The number of amides is 1. The van der Waals surface area contributed by atoms with Crippen LogP contribution in [-0.2, 0) is 14.6 Å². The number of fused-ring (bicyclic) bond motifs is 1. The Balaban J connectivity index is 1.80. The summed E-state index contributed by atoms with van der Waals surface area (Å²) in [6.45, 7) is 1.18. The minimum absolute atomic E-state index is 0.0275. The Morgan fingerprint density at radius 1 is 1.18 bits per heavy atom. The first kappa shape index (κ1) is 15.5. The molecule has 5 nitrogen and oxygen atoms in total. The SMILES string of the molecule is CS(=O)(=O)c1ccc(C(=O)N2CCOC3CCCCC32)cc1. The van der Waals surface area contributed by atoms with Crippen LogP contribution in [0.1, 0.15) is 36.0 Å².